The molecule has 0 aromatic heterocycles. The van der Waals surface area contributed by atoms with Gasteiger partial charge >= 0.3 is 0 Å². The monoisotopic (exact) mass is 1910 g/mol. The minimum absolute atomic E-state index is 0.0802. The Balaban J connectivity index is 0.000000686. The summed E-state index contributed by atoms with van der Waals surface area (Å²) in [6.45, 7) is 9.25. The molecular formula is C89H150N22O20S2. The second-order valence-electron chi connectivity index (χ2n) is 34.7. The van der Waals surface area contributed by atoms with Gasteiger partial charge in [-0.05, 0) is 126 Å². The van der Waals surface area contributed by atoms with Crippen LogP contribution in [-0.4, -0.2) is 267 Å². The van der Waals surface area contributed by atoms with Gasteiger partial charge < -0.3 is 117 Å². The number of Topliss-reactive ketones (excluding diaryl/α,β-unsaturated/α-hetero) is 2. The predicted octanol–water partition coefficient (Wildman–Crippen LogP) is -0.594. The van der Waals surface area contributed by atoms with E-state index in [0.717, 1.165) is 119 Å². The second-order valence-corrected chi connectivity index (χ2v) is 36.4. The van der Waals surface area contributed by atoms with E-state index >= 15 is 0 Å². The van der Waals surface area contributed by atoms with Crippen LogP contribution in [0.4, 0.5) is 0 Å². The van der Waals surface area contributed by atoms with Crippen LogP contribution in [0.3, 0.4) is 0 Å². The van der Waals surface area contributed by atoms with Gasteiger partial charge in [0.05, 0.1) is 38.4 Å². The molecule has 42 nitrogen and oxygen atoms in total. The molecule has 12 unspecified atom stereocenters. The number of hydrogen-bond donors (Lipinski definition) is 22. The second kappa shape index (κ2) is 65.0. The molecule has 133 heavy (non-hydrogen) atoms. The first kappa shape index (κ1) is 116. The largest absolute Gasteiger partial charge is 0.394 e. The molecule has 44 heteroatoms. The lowest BCUT2D eigenvalue weighted by atomic mass is 9.83. The fraction of sp³-hybridized carbons (Fsp3) is 0.708. The first-order chi connectivity index (χ1) is 63.4. The van der Waals surface area contributed by atoms with Crippen LogP contribution in [0.5, 0.6) is 0 Å². The van der Waals surface area contributed by atoms with Crippen molar-refractivity contribution in [3.63, 3.8) is 0 Å². The molecule has 2 spiro atoms. The van der Waals surface area contributed by atoms with Gasteiger partial charge in [-0.1, -0.05) is 110 Å². The molecule has 4 rings (SSSR count). The van der Waals surface area contributed by atoms with E-state index in [1.807, 2.05) is 41.8 Å². The molecule has 4 aliphatic heterocycles. The lowest BCUT2D eigenvalue weighted by Gasteiger charge is -2.36. The average Bonchev–Trinajstić information content (AvgIpc) is 1.75. The molecule has 748 valence electrons. The number of carbonyl (C=O) groups excluding carboxylic acids is 18. The zero-order valence-corrected chi connectivity index (χ0v) is 80.7. The van der Waals surface area contributed by atoms with Crippen LogP contribution in [0.1, 0.15) is 241 Å². The molecule has 4 aliphatic rings. The molecule has 0 radical (unpaired) electrons. The van der Waals surface area contributed by atoms with Crippen LogP contribution < -0.4 is 107 Å². The first-order valence-electron chi connectivity index (χ1n) is 46.4. The summed E-state index contributed by atoms with van der Waals surface area (Å²) < 4.78 is 0. The number of primary amides is 2. The number of unbranched alkanes of at least 4 members (excludes halogenated alkanes) is 16. The van der Waals surface area contributed by atoms with Crippen molar-refractivity contribution in [2.45, 2.75) is 300 Å². The Morgan fingerprint density at radius 3 is 1.13 bits per heavy atom. The summed E-state index contributed by atoms with van der Waals surface area (Å²) in [4.78, 5) is 250. The van der Waals surface area contributed by atoms with E-state index < -0.39 is 218 Å². The quantitative estimate of drug-likeness (QED) is 0.0157. The number of allylic oxidation sites excluding steroid dienone is 2. The predicted molar refractivity (Wildman–Crippen MR) is 506 cm³/mol. The molecule has 16 amide bonds. The highest BCUT2D eigenvalue weighted by molar-refractivity contribution is 8.02. The smallest absolute Gasteiger partial charge is 0.248 e. The Kier molecular flexibility index (Phi) is 56.9. The van der Waals surface area contributed by atoms with Gasteiger partial charge in [0.2, 0.25) is 94.5 Å². The maximum atomic E-state index is 14.6. The van der Waals surface area contributed by atoms with Crippen molar-refractivity contribution in [1.82, 2.24) is 95.7 Å². The van der Waals surface area contributed by atoms with Crippen molar-refractivity contribution in [3.05, 3.63) is 35.4 Å². The van der Waals surface area contributed by atoms with Crippen molar-refractivity contribution in [1.29, 1.82) is 0 Å². The number of carbonyl (C=O) groups is 18. The van der Waals surface area contributed by atoms with Gasteiger partial charge in [-0.2, -0.15) is 0 Å². The third-order valence-electron chi connectivity index (χ3n) is 22.4. The zero-order chi connectivity index (χ0) is 98.9. The van der Waals surface area contributed by atoms with Crippen molar-refractivity contribution < 1.29 is 96.5 Å². The van der Waals surface area contributed by atoms with E-state index in [9.17, 15) is 96.5 Å². The van der Waals surface area contributed by atoms with Crippen LogP contribution in [-0.2, 0) is 86.3 Å². The Bertz CT molecular complexity index is 3980. The highest BCUT2D eigenvalue weighted by atomic mass is 32.2. The molecule has 4 heterocycles. The van der Waals surface area contributed by atoms with Crippen LogP contribution >= 0.6 is 23.5 Å². The van der Waals surface area contributed by atoms with Gasteiger partial charge in [0.25, 0.3) is 0 Å². The van der Waals surface area contributed by atoms with Gasteiger partial charge in [0.1, 0.15) is 47.3 Å². The summed E-state index contributed by atoms with van der Waals surface area (Å²) >= 11 is 1.87. The van der Waals surface area contributed by atoms with Gasteiger partial charge in [0, 0.05) is 116 Å². The van der Waals surface area contributed by atoms with E-state index in [2.05, 4.69) is 118 Å². The molecule has 24 N–H and O–H groups in total. The number of nitrogens with zero attached hydrogens (tertiary/aromatic N) is 2. The lowest BCUT2D eigenvalue weighted by Crippen LogP contribution is -2.65. The highest BCUT2D eigenvalue weighted by Gasteiger charge is 2.49. The van der Waals surface area contributed by atoms with Crippen LogP contribution in [0.2, 0.25) is 0 Å². The number of hydrogen-bond acceptors (Lipinski definition) is 24. The van der Waals surface area contributed by atoms with E-state index in [4.69, 9.17) is 11.5 Å². The highest BCUT2D eigenvalue weighted by Crippen LogP contribution is 2.31. The average molecular weight is 1910 g/mol. The molecule has 2 saturated heterocycles. The molecule has 0 aromatic carbocycles. The van der Waals surface area contributed by atoms with Crippen molar-refractivity contribution >= 4 is 142 Å². The molecule has 2 fully saturated rings. The number of aliphatic imine (C=N–C) groups is 2. The van der Waals surface area contributed by atoms with Gasteiger partial charge in [-0.3, -0.25) is 96.3 Å². The number of rotatable bonds is 46. The number of thioether (sulfide) groups is 2. The van der Waals surface area contributed by atoms with Gasteiger partial charge in [-0.15, -0.1) is 23.5 Å². The Morgan fingerprint density at radius 2 is 0.782 bits per heavy atom. The minimum Gasteiger partial charge on any atom is -0.394 e. The number of ketones is 2. The number of aliphatic hydroxyl groups is 2. The summed E-state index contributed by atoms with van der Waals surface area (Å²) in [6, 6.07) is -10.2. The summed E-state index contributed by atoms with van der Waals surface area (Å²) in [5.74, 6) is -15.4. The Labute approximate surface area is 789 Å². The van der Waals surface area contributed by atoms with E-state index in [-0.39, 0.29) is 86.5 Å². The topological polar surface area (TPSA) is 641 Å². The Hall–Kier alpha value is -10.8. The number of guanidine groups is 2. The summed E-state index contributed by atoms with van der Waals surface area (Å²) in [6.07, 6.45) is 23.1. The normalized spacial score (nSPS) is 23.4. The summed E-state index contributed by atoms with van der Waals surface area (Å²) in [7, 11) is 7.14. The molecule has 0 aromatic rings. The van der Waals surface area contributed by atoms with E-state index in [1.54, 1.807) is 14.1 Å². The van der Waals surface area contributed by atoms with Crippen molar-refractivity contribution in [2.75, 3.05) is 79.1 Å². The van der Waals surface area contributed by atoms with Gasteiger partial charge in [-0.25, -0.2) is 0 Å². The minimum atomic E-state index is -2.07. The molecule has 0 saturated carbocycles. The van der Waals surface area contributed by atoms with Crippen molar-refractivity contribution in [3.8, 4) is 0 Å². The number of nitrogens with one attached hydrogen (secondary N) is 18. The third kappa shape index (κ3) is 46.6. The third-order valence-corrected chi connectivity index (χ3v) is 24.4. The number of aliphatic hydroxyl groups excluding tert-OH is 2. The molecular weight excluding hydrogens is 1760 g/mol. The van der Waals surface area contributed by atoms with Gasteiger partial charge in [0.15, 0.2) is 23.5 Å². The van der Waals surface area contributed by atoms with E-state index in [1.165, 1.54) is 75.6 Å². The molecule has 0 aliphatic carbocycles. The molecule has 12 atom stereocenters. The maximum Gasteiger partial charge on any atom is 0.248 e. The van der Waals surface area contributed by atoms with Crippen LogP contribution in [0.15, 0.2) is 45.4 Å². The SMILES string of the molecule is CN=C(NC)NCCCC/C=C\CCCCCC(=O)NC(C)C(=O)CC1CC2(CS/C=C\NC(=O)C(CO)NC(=O)C(CCC(N)=O)NC2=O)NC(=O)CNC(=O)C(CC(C)C)NC1=O.CN=C(NC)NCCCCCCCCCCCCCCC(=O)NC(C)C(=O)CC1CC2(CS/C=C\NC(=O)C(CO)NC(=O)C(CCC(N)=O)NC2=O)NC(=O)CNC(=O)C(CC(C)C)NC1=O. The Morgan fingerprint density at radius 1 is 0.444 bits per heavy atom. The standard InChI is InChI=1S/C46H79N11O10S.C43H71N11O10S/c1-30(2)24-34-41(64)52-27-39(62)57-46(29-68-23-22-50-42(65)35(28-58)55-43(66)33(56-44(46)67)19-20-37(47)60)26-32(40(63)54-34)25-36(59)31(3)53-38(61)18-16-14-12-10-8-6-7-9-11-13-15-17-21-51-45(48-4)49-5;1-27(2)21-31-38(61)49-24-36(59)54-43(26-65-20-19-47-39(62)32(25-55)52-40(63)30(53-41(43)64)16-17-34(44)57)23-29(37(60)51-31)22-33(56)28(3)50-35(58)15-13-11-9-7-6-8-10-12-14-18-48-42(45-4)46-5/h22-23,30-35,58H,6-21,24-29H2,1-5H3,(H2,47,60)(H,50,65)(H,52,64)(H,53,61)(H,54,63)(H,55,66)(H,56,67)(H,57,62)(H2,48,49,51);6,8,19-20,27-32,55H,7,9-18,21-26H2,1-5H3,(H2,44,57)(H,47,62)(H,49,61)(H,50,58)(H,51,60)(H,52,63)(H,53,64)(H,54,59)(H2,45,46,48)/b23-22-;8-6-,20-19-. The number of amides is 16. The summed E-state index contributed by atoms with van der Waals surface area (Å²) in [5.41, 5.74) is 6.59. The van der Waals surface area contributed by atoms with Crippen molar-refractivity contribution in [2.24, 2.45) is 45.1 Å². The zero-order valence-electron chi connectivity index (χ0n) is 79.1. The van der Waals surface area contributed by atoms with E-state index in [0.29, 0.717) is 12.8 Å². The maximum absolute atomic E-state index is 14.6. The summed E-state index contributed by atoms with van der Waals surface area (Å²) in [5, 5.41) is 70.8. The van der Waals surface area contributed by atoms with Crippen LogP contribution in [0.25, 0.3) is 0 Å². The fourth-order valence-electron chi connectivity index (χ4n) is 14.9. The van der Waals surface area contributed by atoms with Crippen LogP contribution in [0, 0.1) is 23.7 Å². The number of nitrogens with two attached hydrogens (primary N) is 2. The fourth-order valence-corrected chi connectivity index (χ4v) is 16.7. The lowest BCUT2D eigenvalue weighted by molar-refractivity contribution is -0.138. The first-order valence-corrected chi connectivity index (χ1v) is 48.5. The molecule has 0 bridgehead atoms.